The lowest BCUT2D eigenvalue weighted by Gasteiger charge is -2.27. The minimum atomic E-state index is -0.633. The predicted molar refractivity (Wildman–Crippen MR) is 75.6 cm³/mol. The van der Waals surface area contributed by atoms with Crippen molar-refractivity contribution in [3.8, 4) is 5.75 Å². The molecule has 21 heavy (non-hydrogen) atoms. The van der Waals surface area contributed by atoms with Gasteiger partial charge in [0.1, 0.15) is 0 Å². The molecule has 114 valence electrons. The Morgan fingerprint density at radius 3 is 3.10 bits per heavy atom. The third kappa shape index (κ3) is 2.75. The molecule has 3 unspecified atom stereocenters. The first kappa shape index (κ1) is 14.3. The fourth-order valence-electron chi connectivity index (χ4n) is 3.32. The molecule has 1 N–H and O–H groups in total. The van der Waals surface area contributed by atoms with E-state index in [9.17, 15) is 14.3 Å². The van der Waals surface area contributed by atoms with E-state index in [1.54, 1.807) is 24.0 Å². The van der Waals surface area contributed by atoms with Gasteiger partial charge in [-0.15, -0.1) is 0 Å². The number of aliphatic hydroxyl groups excluding tert-OH is 1. The van der Waals surface area contributed by atoms with Crippen molar-refractivity contribution in [1.82, 2.24) is 4.90 Å². The number of amides is 1. The highest BCUT2D eigenvalue weighted by Crippen LogP contribution is 2.33. The van der Waals surface area contributed by atoms with Crippen LogP contribution in [-0.4, -0.2) is 40.7 Å². The molecule has 2 aliphatic rings. The molecule has 0 radical (unpaired) electrons. The number of likely N-dealkylation sites (tertiary alicyclic amines) is 1. The molecule has 0 aliphatic carbocycles. The van der Waals surface area contributed by atoms with E-state index in [2.05, 4.69) is 0 Å². The van der Waals surface area contributed by atoms with Gasteiger partial charge in [-0.1, -0.05) is 12.1 Å². The molecule has 2 aliphatic heterocycles. The lowest BCUT2D eigenvalue weighted by molar-refractivity contribution is -0.139. The van der Waals surface area contributed by atoms with Crippen molar-refractivity contribution in [3.05, 3.63) is 29.6 Å². The van der Waals surface area contributed by atoms with Crippen LogP contribution in [-0.2, 0) is 11.2 Å². The SMILES string of the molecule is CC(O)CC1CCCN1C(=O)C1Cc2cccc(F)c2O1. The number of benzene rings is 1. The summed E-state index contributed by atoms with van der Waals surface area (Å²) in [5, 5.41) is 9.54. The second kappa shape index (κ2) is 5.64. The van der Waals surface area contributed by atoms with Gasteiger partial charge in [0.2, 0.25) is 0 Å². The van der Waals surface area contributed by atoms with Crippen LogP contribution in [0.2, 0.25) is 0 Å². The predicted octanol–water partition coefficient (Wildman–Crippen LogP) is 1.89. The van der Waals surface area contributed by atoms with Gasteiger partial charge in [0.05, 0.1) is 6.10 Å². The van der Waals surface area contributed by atoms with Crippen LogP contribution in [0, 0.1) is 5.82 Å². The number of carbonyl (C=O) groups excluding carboxylic acids is 1. The van der Waals surface area contributed by atoms with Crippen LogP contribution in [0.5, 0.6) is 5.75 Å². The van der Waals surface area contributed by atoms with Crippen molar-refractivity contribution < 1.29 is 19.0 Å². The second-order valence-corrected chi connectivity index (χ2v) is 5.95. The number of aliphatic hydroxyl groups is 1. The molecule has 1 amide bonds. The number of nitrogens with zero attached hydrogens (tertiary/aromatic N) is 1. The van der Waals surface area contributed by atoms with Crippen LogP contribution in [0.15, 0.2) is 18.2 Å². The zero-order valence-electron chi connectivity index (χ0n) is 12.1. The Balaban J connectivity index is 1.71. The second-order valence-electron chi connectivity index (χ2n) is 5.95. The number of ether oxygens (including phenoxy) is 1. The van der Waals surface area contributed by atoms with Gasteiger partial charge in [0.25, 0.3) is 5.91 Å². The highest BCUT2D eigenvalue weighted by molar-refractivity contribution is 5.83. The van der Waals surface area contributed by atoms with Gasteiger partial charge in [-0.25, -0.2) is 4.39 Å². The zero-order valence-corrected chi connectivity index (χ0v) is 12.1. The lowest BCUT2D eigenvalue weighted by Crippen LogP contribution is -2.44. The summed E-state index contributed by atoms with van der Waals surface area (Å²) in [5.41, 5.74) is 0.750. The molecule has 3 atom stereocenters. The number of carbonyl (C=O) groups is 1. The Kier molecular flexibility index (Phi) is 3.85. The van der Waals surface area contributed by atoms with E-state index in [-0.39, 0.29) is 17.7 Å². The fourth-order valence-corrected chi connectivity index (χ4v) is 3.32. The Morgan fingerprint density at radius 1 is 1.57 bits per heavy atom. The van der Waals surface area contributed by atoms with Gasteiger partial charge in [-0.2, -0.15) is 0 Å². The van der Waals surface area contributed by atoms with E-state index in [1.807, 2.05) is 0 Å². The highest BCUT2D eigenvalue weighted by atomic mass is 19.1. The molecule has 0 bridgehead atoms. The molecule has 5 heteroatoms. The minimum Gasteiger partial charge on any atom is -0.477 e. The summed E-state index contributed by atoms with van der Waals surface area (Å²) in [6.45, 7) is 2.42. The van der Waals surface area contributed by atoms with E-state index in [1.165, 1.54) is 6.07 Å². The summed E-state index contributed by atoms with van der Waals surface area (Å²) in [4.78, 5) is 14.4. The number of rotatable bonds is 3. The quantitative estimate of drug-likeness (QED) is 0.926. The van der Waals surface area contributed by atoms with E-state index in [0.717, 1.165) is 18.4 Å². The van der Waals surface area contributed by atoms with Gasteiger partial charge >= 0.3 is 0 Å². The van der Waals surface area contributed by atoms with Crippen LogP contribution < -0.4 is 4.74 Å². The van der Waals surface area contributed by atoms with Crippen LogP contribution in [0.25, 0.3) is 0 Å². The first-order valence-corrected chi connectivity index (χ1v) is 7.49. The van der Waals surface area contributed by atoms with Crippen LogP contribution in [0.1, 0.15) is 31.7 Å². The normalized spacial score (nSPS) is 25.6. The number of fused-ring (bicyclic) bond motifs is 1. The Morgan fingerprint density at radius 2 is 2.38 bits per heavy atom. The van der Waals surface area contributed by atoms with Gasteiger partial charge in [-0.3, -0.25) is 4.79 Å². The van der Waals surface area contributed by atoms with Crippen LogP contribution in [0.4, 0.5) is 4.39 Å². The number of para-hydroxylation sites is 1. The summed E-state index contributed by atoms with van der Waals surface area (Å²) >= 11 is 0. The first-order valence-electron chi connectivity index (χ1n) is 7.49. The lowest BCUT2D eigenvalue weighted by atomic mass is 10.1. The van der Waals surface area contributed by atoms with E-state index < -0.39 is 18.0 Å². The van der Waals surface area contributed by atoms with Crippen molar-refractivity contribution in [2.75, 3.05) is 6.54 Å². The molecular weight excluding hydrogens is 273 g/mol. The molecule has 0 saturated carbocycles. The Labute approximate surface area is 123 Å². The van der Waals surface area contributed by atoms with Crippen LogP contribution >= 0.6 is 0 Å². The molecule has 3 rings (SSSR count). The Hall–Kier alpha value is -1.62. The Bertz CT molecular complexity index is 546. The molecule has 4 nitrogen and oxygen atoms in total. The standard InChI is InChI=1S/C16H20FNO3/c1-10(19)8-12-5-3-7-18(12)16(20)14-9-11-4-2-6-13(17)15(11)21-14/h2,4,6,10,12,14,19H,3,5,7-9H2,1H3. The molecule has 1 aromatic carbocycles. The fraction of sp³-hybridized carbons (Fsp3) is 0.562. The maximum Gasteiger partial charge on any atom is 0.264 e. The van der Waals surface area contributed by atoms with Crippen molar-refractivity contribution in [1.29, 1.82) is 0 Å². The van der Waals surface area contributed by atoms with Crippen molar-refractivity contribution >= 4 is 5.91 Å². The summed E-state index contributed by atoms with van der Waals surface area (Å²) < 4.78 is 19.2. The molecule has 0 spiro atoms. The minimum absolute atomic E-state index is 0.0645. The largest absolute Gasteiger partial charge is 0.477 e. The van der Waals surface area contributed by atoms with E-state index in [0.29, 0.717) is 19.4 Å². The average molecular weight is 293 g/mol. The number of hydrogen-bond acceptors (Lipinski definition) is 3. The third-order valence-corrected chi connectivity index (χ3v) is 4.26. The first-order chi connectivity index (χ1) is 10.1. The summed E-state index contributed by atoms with van der Waals surface area (Å²) in [7, 11) is 0. The third-order valence-electron chi connectivity index (χ3n) is 4.26. The van der Waals surface area contributed by atoms with E-state index in [4.69, 9.17) is 4.74 Å². The zero-order chi connectivity index (χ0) is 15.0. The topological polar surface area (TPSA) is 49.8 Å². The molecule has 0 aromatic heterocycles. The smallest absolute Gasteiger partial charge is 0.264 e. The summed E-state index contributed by atoms with van der Waals surface area (Å²) in [6.07, 6.45) is 1.79. The molecular formula is C16H20FNO3. The van der Waals surface area contributed by atoms with Crippen molar-refractivity contribution in [2.45, 2.75) is 50.9 Å². The maximum atomic E-state index is 13.7. The monoisotopic (exact) mass is 293 g/mol. The van der Waals surface area contributed by atoms with E-state index >= 15 is 0 Å². The van der Waals surface area contributed by atoms with Gasteiger partial charge in [0.15, 0.2) is 17.7 Å². The highest BCUT2D eigenvalue weighted by Gasteiger charge is 2.38. The average Bonchev–Trinajstić information content (AvgIpc) is 3.04. The van der Waals surface area contributed by atoms with Crippen molar-refractivity contribution in [2.24, 2.45) is 0 Å². The molecule has 2 heterocycles. The van der Waals surface area contributed by atoms with Gasteiger partial charge < -0.3 is 14.7 Å². The van der Waals surface area contributed by atoms with Gasteiger partial charge in [-0.05, 0) is 32.3 Å². The molecule has 1 aromatic rings. The molecule has 1 saturated heterocycles. The number of halogens is 1. The summed E-state index contributed by atoms with van der Waals surface area (Å²) in [6, 6.07) is 4.84. The summed E-state index contributed by atoms with van der Waals surface area (Å²) in [5.74, 6) is -0.291. The van der Waals surface area contributed by atoms with Gasteiger partial charge in [0, 0.05) is 24.6 Å². The number of hydrogen-bond donors (Lipinski definition) is 1. The molecule has 1 fully saturated rings. The maximum absolute atomic E-state index is 13.7. The van der Waals surface area contributed by atoms with Crippen LogP contribution in [0.3, 0.4) is 0 Å². The van der Waals surface area contributed by atoms with Crippen molar-refractivity contribution in [3.63, 3.8) is 0 Å².